The van der Waals surface area contributed by atoms with Crippen molar-refractivity contribution in [3.63, 3.8) is 0 Å². The molecule has 0 radical (unpaired) electrons. The van der Waals surface area contributed by atoms with Crippen LogP contribution in [0.4, 0.5) is 0 Å². The number of Topliss-reactive ketones (excluding diaryl/α,β-unsaturated/α-hetero) is 1. The maximum Gasteiger partial charge on any atom is 0.240 e. The Morgan fingerprint density at radius 3 is 2.76 bits per heavy atom. The van der Waals surface area contributed by atoms with Crippen LogP contribution in [0.1, 0.15) is 16.1 Å². The number of ether oxygens (including phenoxy) is 1. The van der Waals surface area contributed by atoms with Crippen molar-refractivity contribution in [1.82, 2.24) is 0 Å². The molecule has 0 bridgehead atoms. The number of hydrogen-bond donors (Lipinski definition) is 0. The molecule has 2 aromatic rings. The minimum atomic E-state index is -0.293. The average Bonchev–Trinajstić information content (AvgIpc) is 2.89. The van der Waals surface area contributed by atoms with Crippen molar-refractivity contribution >= 4 is 5.78 Å². The van der Waals surface area contributed by atoms with Crippen LogP contribution < -0.4 is 4.74 Å². The van der Waals surface area contributed by atoms with Crippen molar-refractivity contribution in [2.24, 2.45) is 0 Å². The molecule has 0 spiro atoms. The predicted molar refractivity (Wildman–Crippen MR) is 62.9 cm³/mol. The van der Waals surface area contributed by atoms with Gasteiger partial charge in [-0.05, 0) is 36.1 Å². The highest BCUT2D eigenvalue weighted by molar-refractivity contribution is 6.10. The molecule has 0 saturated heterocycles. The van der Waals surface area contributed by atoms with Gasteiger partial charge in [-0.3, -0.25) is 4.79 Å². The van der Waals surface area contributed by atoms with Crippen LogP contribution in [0.2, 0.25) is 0 Å². The Labute approximate surface area is 99.0 Å². The van der Waals surface area contributed by atoms with E-state index in [4.69, 9.17) is 9.15 Å². The molecule has 84 valence electrons. The van der Waals surface area contributed by atoms with Crippen molar-refractivity contribution in [1.29, 1.82) is 0 Å². The summed E-state index contributed by atoms with van der Waals surface area (Å²) in [4.78, 5) is 11.8. The zero-order chi connectivity index (χ0) is 12.1. The highest BCUT2D eigenvalue weighted by Crippen LogP contribution is 2.17. The van der Waals surface area contributed by atoms with Crippen molar-refractivity contribution in [3.05, 3.63) is 54.0 Å². The lowest BCUT2D eigenvalue weighted by Crippen LogP contribution is -1.98. The average molecular weight is 226 g/mol. The van der Waals surface area contributed by atoms with Gasteiger partial charge in [-0.1, -0.05) is 12.1 Å². The largest absolute Gasteiger partial charge is 0.496 e. The monoisotopic (exact) mass is 226 g/mol. The van der Waals surface area contributed by atoms with Gasteiger partial charge in [-0.25, -0.2) is 0 Å². The Hall–Kier alpha value is -2.47. The fourth-order valence-corrected chi connectivity index (χ4v) is 1.37. The molecule has 0 aliphatic rings. The van der Waals surface area contributed by atoms with E-state index in [2.05, 4.69) is 11.8 Å². The number of furan rings is 1. The summed E-state index contributed by atoms with van der Waals surface area (Å²) >= 11 is 0. The van der Waals surface area contributed by atoms with Crippen LogP contribution >= 0.6 is 0 Å². The molecule has 0 N–H and O–H groups in total. The maximum atomic E-state index is 11.8. The Kier molecular flexibility index (Phi) is 3.27. The maximum absolute atomic E-state index is 11.8. The Balaban J connectivity index is 2.26. The van der Waals surface area contributed by atoms with Crippen LogP contribution in [0.25, 0.3) is 0 Å². The zero-order valence-corrected chi connectivity index (χ0v) is 9.27. The SMILES string of the molecule is COc1ccccc1C(=O)C#Cc1ccco1. The molecule has 3 nitrogen and oxygen atoms in total. The molecule has 0 amide bonds. The first kappa shape index (κ1) is 11.0. The zero-order valence-electron chi connectivity index (χ0n) is 9.27. The van der Waals surface area contributed by atoms with E-state index in [1.807, 2.05) is 0 Å². The standard InChI is InChI=1S/C14H10O3/c1-16-14-7-3-2-6-12(14)13(15)9-8-11-5-4-10-17-11/h2-7,10H,1H3. The van der Waals surface area contributed by atoms with Gasteiger partial charge in [0, 0.05) is 0 Å². The van der Waals surface area contributed by atoms with E-state index < -0.39 is 0 Å². The summed E-state index contributed by atoms with van der Waals surface area (Å²) in [6.45, 7) is 0. The van der Waals surface area contributed by atoms with E-state index in [9.17, 15) is 4.79 Å². The molecular formula is C14H10O3. The lowest BCUT2D eigenvalue weighted by Gasteiger charge is -2.02. The number of rotatable bonds is 2. The molecule has 3 heteroatoms. The summed E-state index contributed by atoms with van der Waals surface area (Å²) in [6.07, 6.45) is 1.51. The molecule has 17 heavy (non-hydrogen) atoms. The van der Waals surface area contributed by atoms with Crippen molar-refractivity contribution < 1.29 is 13.9 Å². The summed E-state index contributed by atoms with van der Waals surface area (Å²) in [7, 11) is 1.52. The number of ketones is 1. The molecule has 0 saturated carbocycles. The van der Waals surface area contributed by atoms with Crippen LogP contribution in [-0.2, 0) is 0 Å². The predicted octanol–water partition coefficient (Wildman–Crippen LogP) is 2.52. The minimum Gasteiger partial charge on any atom is -0.496 e. The second kappa shape index (κ2) is 5.04. The topological polar surface area (TPSA) is 39.4 Å². The van der Waals surface area contributed by atoms with Gasteiger partial charge in [0.25, 0.3) is 0 Å². The van der Waals surface area contributed by atoms with Crippen LogP contribution in [0.5, 0.6) is 5.75 Å². The molecule has 0 fully saturated rings. The van der Waals surface area contributed by atoms with Gasteiger partial charge in [0.05, 0.1) is 18.9 Å². The Morgan fingerprint density at radius 1 is 1.24 bits per heavy atom. The molecule has 0 aliphatic heterocycles. The number of hydrogen-bond acceptors (Lipinski definition) is 3. The molecule has 0 atom stereocenters. The second-order valence-electron chi connectivity index (χ2n) is 3.26. The van der Waals surface area contributed by atoms with Gasteiger partial charge >= 0.3 is 0 Å². The number of para-hydroxylation sites is 1. The summed E-state index contributed by atoms with van der Waals surface area (Å²) in [5.74, 6) is 5.86. The van der Waals surface area contributed by atoms with E-state index in [0.29, 0.717) is 17.1 Å². The van der Waals surface area contributed by atoms with Crippen molar-refractivity contribution in [2.45, 2.75) is 0 Å². The lowest BCUT2D eigenvalue weighted by molar-refractivity contribution is 0.105. The minimum absolute atomic E-state index is 0.293. The van der Waals surface area contributed by atoms with Crippen LogP contribution in [-0.4, -0.2) is 12.9 Å². The second-order valence-corrected chi connectivity index (χ2v) is 3.26. The third kappa shape index (κ3) is 2.56. The molecule has 1 heterocycles. The third-order valence-corrected chi connectivity index (χ3v) is 2.17. The summed E-state index contributed by atoms with van der Waals surface area (Å²) in [5, 5.41) is 0. The first-order valence-corrected chi connectivity index (χ1v) is 5.04. The fourth-order valence-electron chi connectivity index (χ4n) is 1.37. The highest BCUT2D eigenvalue weighted by Gasteiger charge is 2.08. The quantitative estimate of drug-likeness (QED) is 0.583. The first-order chi connectivity index (χ1) is 8.31. The molecular weight excluding hydrogens is 216 g/mol. The lowest BCUT2D eigenvalue weighted by atomic mass is 10.1. The van der Waals surface area contributed by atoms with E-state index >= 15 is 0 Å². The van der Waals surface area contributed by atoms with E-state index in [-0.39, 0.29) is 5.78 Å². The normalized spacial score (nSPS) is 9.24. The Morgan fingerprint density at radius 2 is 2.06 bits per heavy atom. The van der Waals surface area contributed by atoms with E-state index in [0.717, 1.165) is 0 Å². The van der Waals surface area contributed by atoms with Gasteiger partial charge in [0.2, 0.25) is 5.78 Å². The van der Waals surface area contributed by atoms with Gasteiger partial charge in [-0.15, -0.1) is 0 Å². The molecule has 0 unspecified atom stereocenters. The molecule has 1 aromatic carbocycles. The molecule has 0 aliphatic carbocycles. The van der Waals surface area contributed by atoms with Crippen LogP contribution in [0.3, 0.4) is 0 Å². The highest BCUT2D eigenvalue weighted by atomic mass is 16.5. The fraction of sp³-hybridized carbons (Fsp3) is 0.0714. The summed E-state index contributed by atoms with van der Waals surface area (Å²) in [6, 6.07) is 10.4. The van der Waals surface area contributed by atoms with Crippen LogP contribution in [0.15, 0.2) is 47.1 Å². The van der Waals surface area contributed by atoms with Gasteiger partial charge < -0.3 is 9.15 Å². The number of carbonyl (C=O) groups is 1. The smallest absolute Gasteiger partial charge is 0.240 e. The third-order valence-electron chi connectivity index (χ3n) is 2.17. The summed E-state index contributed by atoms with van der Waals surface area (Å²) in [5.41, 5.74) is 0.453. The van der Waals surface area contributed by atoms with E-state index in [1.165, 1.54) is 13.4 Å². The van der Waals surface area contributed by atoms with Crippen LogP contribution in [0, 0.1) is 11.8 Å². The molecule has 2 rings (SSSR count). The Bertz CT molecular complexity index is 571. The van der Waals surface area contributed by atoms with Gasteiger partial charge in [0.15, 0.2) is 5.76 Å². The number of carbonyl (C=O) groups excluding carboxylic acids is 1. The number of methoxy groups -OCH3 is 1. The van der Waals surface area contributed by atoms with Gasteiger partial charge in [-0.2, -0.15) is 0 Å². The van der Waals surface area contributed by atoms with Gasteiger partial charge in [0.1, 0.15) is 5.75 Å². The summed E-state index contributed by atoms with van der Waals surface area (Å²) < 4.78 is 10.1. The van der Waals surface area contributed by atoms with Crippen molar-refractivity contribution in [2.75, 3.05) is 7.11 Å². The van der Waals surface area contributed by atoms with Crippen molar-refractivity contribution in [3.8, 4) is 17.6 Å². The first-order valence-electron chi connectivity index (χ1n) is 5.04. The van der Waals surface area contributed by atoms with E-state index in [1.54, 1.807) is 36.4 Å². The molecule has 1 aromatic heterocycles. The number of benzene rings is 1.